The van der Waals surface area contributed by atoms with Crippen LogP contribution in [0, 0.1) is 5.92 Å². The van der Waals surface area contributed by atoms with E-state index in [1.54, 1.807) is 6.08 Å². The number of rotatable bonds is 0. The van der Waals surface area contributed by atoms with Gasteiger partial charge < -0.3 is 9.47 Å². The molecule has 1 fully saturated rings. The van der Waals surface area contributed by atoms with Gasteiger partial charge in [0.1, 0.15) is 11.7 Å². The minimum atomic E-state index is -0.386. The summed E-state index contributed by atoms with van der Waals surface area (Å²) < 4.78 is 10.8. The highest BCUT2D eigenvalue weighted by Gasteiger charge is 2.27. The van der Waals surface area contributed by atoms with E-state index >= 15 is 0 Å². The van der Waals surface area contributed by atoms with E-state index in [2.05, 4.69) is 0 Å². The lowest BCUT2D eigenvalue weighted by Crippen LogP contribution is -2.26. The quantitative estimate of drug-likeness (QED) is 0.568. The highest BCUT2D eigenvalue weighted by atomic mass is 16.5. The van der Waals surface area contributed by atoms with E-state index in [-0.39, 0.29) is 18.0 Å². The van der Waals surface area contributed by atoms with E-state index in [9.17, 15) is 4.79 Å². The zero-order valence-electron chi connectivity index (χ0n) is 8.68. The second kappa shape index (κ2) is 4.34. The van der Waals surface area contributed by atoms with Gasteiger partial charge in [-0.25, -0.2) is 0 Å². The molecular formula is C12H14O3. The fourth-order valence-corrected chi connectivity index (χ4v) is 1.60. The Labute approximate surface area is 89.1 Å². The second-order valence-electron chi connectivity index (χ2n) is 3.70. The predicted molar refractivity (Wildman–Crippen MR) is 56.0 cm³/mol. The lowest BCUT2D eigenvalue weighted by molar-refractivity contribution is -0.149. The fourth-order valence-electron chi connectivity index (χ4n) is 1.60. The highest BCUT2D eigenvalue weighted by Crippen LogP contribution is 2.23. The van der Waals surface area contributed by atoms with Crippen LogP contribution in [0.25, 0.3) is 0 Å². The number of esters is 1. The maximum atomic E-state index is 11.6. The first-order valence-corrected chi connectivity index (χ1v) is 5.16. The first kappa shape index (κ1) is 10.0. The van der Waals surface area contributed by atoms with Gasteiger partial charge in [-0.3, -0.25) is 4.79 Å². The molecule has 0 bridgehead atoms. The third-order valence-corrected chi connectivity index (χ3v) is 2.45. The molecule has 15 heavy (non-hydrogen) atoms. The van der Waals surface area contributed by atoms with Crippen LogP contribution in [-0.4, -0.2) is 18.7 Å². The molecule has 0 aromatic heterocycles. The molecule has 0 N–H and O–H groups in total. The van der Waals surface area contributed by atoms with E-state index in [0.29, 0.717) is 12.4 Å². The summed E-state index contributed by atoms with van der Waals surface area (Å²) in [4.78, 5) is 11.6. The molecule has 3 nitrogen and oxygen atoms in total. The Balaban J connectivity index is 2.26. The number of ether oxygens (including phenoxy) is 2. The van der Waals surface area contributed by atoms with Crippen molar-refractivity contribution in [1.29, 1.82) is 0 Å². The van der Waals surface area contributed by atoms with Crippen molar-refractivity contribution >= 4 is 5.97 Å². The molecule has 3 heteroatoms. The number of allylic oxidation sites excluding steroid dienone is 4. The molecule has 0 aromatic carbocycles. The summed E-state index contributed by atoms with van der Waals surface area (Å²) in [5.74, 6) is 0.0630. The first-order valence-electron chi connectivity index (χ1n) is 5.16. The lowest BCUT2D eigenvalue weighted by Gasteiger charge is -2.24. The Morgan fingerprint density at radius 3 is 3.07 bits per heavy atom. The third kappa shape index (κ3) is 2.29. The van der Waals surface area contributed by atoms with Crippen LogP contribution in [0.1, 0.15) is 13.3 Å². The van der Waals surface area contributed by atoms with Gasteiger partial charge in [-0.1, -0.05) is 24.3 Å². The zero-order chi connectivity index (χ0) is 10.7. The van der Waals surface area contributed by atoms with Crippen LogP contribution >= 0.6 is 0 Å². The van der Waals surface area contributed by atoms with E-state index in [0.717, 1.165) is 6.42 Å². The largest absolute Gasteiger partial charge is 0.494 e. The van der Waals surface area contributed by atoms with Crippen molar-refractivity contribution in [2.45, 2.75) is 19.4 Å². The predicted octanol–water partition coefficient (Wildman–Crippen LogP) is 1.96. The molecule has 80 valence electrons. The lowest BCUT2D eigenvalue weighted by atomic mass is 10.1. The van der Waals surface area contributed by atoms with Gasteiger partial charge in [0.25, 0.3) is 0 Å². The van der Waals surface area contributed by atoms with Crippen LogP contribution in [0.15, 0.2) is 36.1 Å². The van der Waals surface area contributed by atoms with Crippen LogP contribution < -0.4 is 0 Å². The van der Waals surface area contributed by atoms with Crippen LogP contribution in [0.5, 0.6) is 0 Å². The van der Waals surface area contributed by atoms with Crippen LogP contribution in [0.2, 0.25) is 0 Å². The number of cyclic esters (lactones) is 1. The molecule has 0 radical (unpaired) electrons. The maximum absolute atomic E-state index is 11.6. The van der Waals surface area contributed by atoms with Gasteiger partial charge in [-0.05, 0) is 13.0 Å². The van der Waals surface area contributed by atoms with Crippen molar-refractivity contribution in [1.82, 2.24) is 0 Å². The molecule has 2 rings (SSSR count). The maximum Gasteiger partial charge on any atom is 0.320 e. The van der Waals surface area contributed by atoms with Crippen LogP contribution in [0.4, 0.5) is 0 Å². The second-order valence-corrected chi connectivity index (χ2v) is 3.70. The monoisotopic (exact) mass is 206 g/mol. The molecule has 1 heterocycles. The van der Waals surface area contributed by atoms with Crippen molar-refractivity contribution in [3.8, 4) is 0 Å². The molecule has 1 aliphatic carbocycles. The molecule has 0 aromatic rings. The number of fused-ring (bicyclic) bond motifs is 1. The van der Waals surface area contributed by atoms with E-state index in [4.69, 9.17) is 9.47 Å². The number of hydrogen-bond acceptors (Lipinski definition) is 3. The van der Waals surface area contributed by atoms with Gasteiger partial charge >= 0.3 is 5.97 Å². The Kier molecular flexibility index (Phi) is 2.90. The van der Waals surface area contributed by atoms with Gasteiger partial charge in [-0.2, -0.15) is 0 Å². The average Bonchev–Trinajstić information content (AvgIpc) is 2.41. The number of carbonyl (C=O) groups is 1. The smallest absolute Gasteiger partial charge is 0.320 e. The van der Waals surface area contributed by atoms with Crippen molar-refractivity contribution in [3.63, 3.8) is 0 Å². The molecular weight excluding hydrogens is 192 g/mol. The SMILES string of the molecule is C[C@H]1CCOC(=O)[C@H]2C=CC=CC=C2O1. The first-order chi connectivity index (χ1) is 7.27. The summed E-state index contributed by atoms with van der Waals surface area (Å²) in [7, 11) is 0. The summed E-state index contributed by atoms with van der Waals surface area (Å²) in [6, 6.07) is 0. The third-order valence-electron chi connectivity index (χ3n) is 2.45. The van der Waals surface area contributed by atoms with Crippen molar-refractivity contribution < 1.29 is 14.3 Å². The molecule has 0 saturated carbocycles. The molecule has 0 spiro atoms. The van der Waals surface area contributed by atoms with Gasteiger partial charge in [0.2, 0.25) is 0 Å². The van der Waals surface area contributed by atoms with Gasteiger partial charge in [-0.15, -0.1) is 0 Å². The van der Waals surface area contributed by atoms with Gasteiger partial charge in [0.15, 0.2) is 0 Å². The highest BCUT2D eigenvalue weighted by molar-refractivity contribution is 5.78. The number of hydrogen-bond donors (Lipinski definition) is 0. The molecule has 1 saturated heterocycles. The average molecular weight is 206 g/mol. The Morgan fingerprint density at radius 1 is 1.33 bits per heavy atom. The molecule has 0 unspecified atom stereocenters. The van der Waals surface area contributed by atoms with E-state index in [1.807, 2.05) is 31.2 Å². The number of carbonyl (C=O) groups excluding carboxylic acids is 1. The van der Waals surface area contributed by atoms with Crippen molar-refractivity contribution in [2.75, 3.05) is 6.61 Å². The molecule has 0 amide bonds. The van der Waals surface area contributed by atoms with Crippen molar-refractivity contribution in [2.24, 2.45) is 5.92 Å². The zero-order valence-corrected chi connectivity index (χ0v) is 8.68. The summed E-state index contributed by atoms with van der Waals surface area (Å²) in [6.45, 7) is 2.42. The minimum Gasteiger partial charge on any atom is -0.494 e. The normalized spacial score (nSPS) is 30.2. The molecule has 2 atom stereocenters. The van der Waals surface area contributed by atoms with Crippen LogP contribution in [-0.2, 0) is 14.3 Å². The summed E-state index contributed by atoms with van der Waals surface area (Å²) in [5, 5.41) is 0. The summed E-state index contributed by atoms with van der Waals surface area (Å²) >= 11 is 0. The van der Waals surface area contributed by atoms with Crippen molar-refractivity contribution in [3.05, 3.63) is 36.1 Å². The summed E-state index contributed by atoms with van der Waals surface area (Å²) in [6.07, 6.45) is 10.0. The topological polar surface area (TPSA) is 35.5 Å². The Morgan fingerprint density at radius 2 is 2.20 bits per heavy atom. The van der Waals surface area contributed by atoms with E-state index < -0.39 is 0 Å². The van der Waals surface area contributed by atoms with Gasteiger partial charge in [0.05, 0.1) is 12.7 Å². The standard InChI is InChI=1S/C12H14O3/c1-9-7-8-14-12(13)10-5-3-2-4-6-11(10)15-9/h2-6,9-10H,7-8H2,1H3/t9-,10-/m0/s1. The van der Waals surface area contributed by atoms with Gasteiger partial charge in [0, 0.05) is 6.42 Å². The Bertz CT molecular complexity index is 339. The van der Waals surface area contributed by atoms with Crippen LogP contribution in [0.3, 0.4) is 0 Å². The minimum absolute atomic E-state index is 0.0896. The Hall–Kier alpha value is -1.51. The fraction of sp³-hybridized carbons (Fsp3) is 0.417. The molecule has 2 aliphatic rings. The molecule has 1 aliphatic heterocycles. The summed E-state index contributed by atoms with van der Waals surface area (Å²) in [5.41, 5.74) is 0. The van der Waals surface area contributed by atoms with E-state index in [1.165, 1.54) is 0 Å².